The normalized spacial score (nSPS) is 14.4. The number of thiazole rings is 1. The van der Waals surface area contributed by atoms with Crippen molar-refractivity contribution in [2.45, 2.75) is 32.1 Å². The minimum Gasteiger partial charge on any atom is -0.296 e. The van der Waals surface area contributed by atoms with Crippen LogP contribution in [-0.2, 0) is 12.8 Å². The van der Waals surface area contributed by atoms with Crippen molar-refractivity contribution in [2.24, 2.45) is 0 Å². The van der Waals surface area contributed by atoms with Crippen LogP contribution in [0.25, 0.3) is 0 Å². The van der Waals surface area contributed by atoms with Crippen molar-refractivity contribution in [2.75, 3.05) is 5.32 Å². The molecule has 0 atom stereocenters. The van der Waals surface area contributed by atoms with Crippen LogP contribution in [-0.4, -0.2) is 21.1 Å². The zero-order chi connectivity index (χ0) is 13.9. The molecule has 0 fully saturated rings. The number of hydrogen-bond donors (Lipinski definition) is 2. The lowest BCUT2D eigenvalue weighted by molar-refractivity contribution is 0.102. The first-order valence-electron chi connectivity index (χ1n) is 6.58. The molecule has 0 unspecified atom stereocenters. The summed E-state index contributed by atoms with van der Waals surface area (Å²) in [6.07, 6.45) is 5.61. The maximum absolute atomic E-state index is 12.0. The maximum atomic E-state index is 12.0. The average Bonchev–Trinajstić information content (AvgIpc) is 2.68. The van der Waals surface area contributed by atoms with E-state index in [0.717, 1.165) is 25.0 Å². The van der Waals surface area contributed by atoms with Gasteiger partial charge in [-0.05, 0) is 31.7 Å². The molecule has 0 aromatic carbocycles. The summed E-state index contributed by atoms with van der Waals surface area (Å²) in [5.41, 5.74) is 0.953. The number of nitrogens with one attached hydrogen (secondary N) is 2. The van der Waals surface area contributed by atoms with E-state index in [1.54, 1.807) is 0 Å². The lowest BCUT2D eigenvalue weighted by atomic mass is 10.2. The molecule has 2 aromatic heterocycles. The Labute approximate surface area is 119 Å². The Bertz CT molecular complexity index is 648. The third-order valence-electron chi connectivity index (χ3n) is 3.23. The van der Waals surface area contributed by atoms with Crippen LogP contribution in [0.4, 0.5) is 5.13 Å². The zero-order valence-electron chi connectivity index (χ0n) is 10.8. The van der Waals surface area contributed by atoms with Gasteiger partial charge < -0.3 is 0 Å². The molecule has 7 heteroatoms. The molecule has 0 saturated carbocycles. The average molecular weight is 290 g/mol. The van der Waals surface area contributed by atoms with Gasteiger partial charge in [0.1, 0.15) is 5.69 Å². The van der Waals surface area contributed by atoms with Crippen molar-refractivity contribution in [3.8, 4) is 0 Å². The van der Waals surface area contributed by atoms with Crippen molar-refractivity contribution >= 4 is 22.4 Å². The van der Waals surface area contributed by atoms with Gasteiger partial charge in [-0.25, -0.2) is 10.1 Å². The second-order valence-electron chi connectivity index (χ2n) is 4.71. The van der Waals surface area contributed by atoms with Gasteiger partial charge in [0.25, 0.3) is 11.5 Å². The second kappa shape index (κ2) is 5.54. The number of anilines is 1. The molecule has 2 heterocycles. The van der Waals surface area contributed by atoms with Gasteiger partial charge in [-0.2, -0.15) is 5.10 Å². The minimum atomic E-state index is -0.356. The Hall–Kier alpha value is -2.02. The van der Waals surface area contributed by atoms with Gasteiger partial charge in [0.15, 0.2) is 5.13 Å². The summed E-state index contributed by atoms with van der Waals surface area (Å²) in [6.45, 7) is 0. The lowest BCUT2D eigenvalue weighted by Gasteiger charge is -1.99. The first-order valence-corrected chi connectivity index (χ1v) is 7.40. The van der Waals surface area contributed by atoms with Crippen molar-refractivity contribution in [3.05, 3.63) is 38.8 Å². The maximum Gasteiger partial charge on any atom is 0.277 e. The highest BCUT2D eigenvalue weighted by Crippen LogP contribution is 2.28. The van der Waals surface area contributed by atoms with Crippen molar-refractivity contribution in [1.82, 2.24) is 15.2 Å². The fourth-order valence-corrected chi connectivity index (χ4v) is 3.26. The number of aryl methyl sites for hydroxylation is 2. The predicted octanol–water partition coefficient (Wildman–Crippen LogP) is 1.75. The molecule has 0 bridgehead atoms. The molecule has 2 N–H and O–H groups in total. The molecule has 0 saturated heterocycles. The van der Waals surface area contributed by atoms with Crippen molar-refractivity contribution in [1.29, 1.82) is 0 Å². The van der Waals surface area contributed by atoms with E-state index in [0.29, 0.717) is 5.13 Å². The van der Waals surface area contributed by atoms with Gasteiger partial charge >= 0.3 is 0 Å². The largest absolute Gasteiger partial charge is 0.296 e. The summed E-state index contributed by atoms with van der Waals surface area (Å²) in [4.78, 5) is 28.6. The third kappa shape index (κ3) is 2.77. The topological polar surface area (TPSA) is 87.7 Å². The van der Waals surface area contributed by atoms with Crippen LogP contribution >= 0.6 is 11.3 Å². The van der Waals surface area contributed by atoms with Crippen LogP contribution in [0.15, 0.2) is 16.9 Å². The molecule has 104 valence electrons. The monoisotopic (exact) mass is 290 g/mol. The molecule has 6 nitrogen and oxygen atoms in total. The number of nitrogens with zero attached hydrogens (tertiary/aromatic N) is 2. The van der Waals surface area contributed by atoms with Gasteiger partial charge in [-0.3, -0.25) is 14.9 Å². The summed E-state index contributed by atoms with van der Waals surface area (Å²) in [5, 5.41) is 9.28. The van der Waals surface area contributed by atoms with Gasteiger partial charge in [0.05, 0.1) is 5.69 Å². The second-order valence-corrected chi connectivity index (χ2v) is 5.79. The molecule has 20 heavy (non-hydrogen) atoms. The number of amides is 1. The van der Waals surface area contributed by atoms with Gasteiger partial charge in [0, 0.05) is 10.9 Å². The summed E-state index contributed by atoms with van der Waals surface area (Å²) in [6, 6.07) is 2.67. The standard InChI is InChI=1S/C13H14N4O2S/c18-11-7-6-9(16-17-11)12(19)15-13-14-8-4-2-1-3-5-10(8)20-13/h6-7H,1-5H2,(H,17,18)(H,14,15,19). The number of rotatable bonds is 2. The molecular weight excluding hydrogens is 276 g/mol. The van der Waals surface area contributed by atoms with Crippen LogP contribution < -0.4 is 10.9 Å². The van der Waals surface area contributed by atoms with E-state index in [2.05, 4.69) is 20.5 Å². The van der Waals surface area contributed by atoms with E-state index in [4.69, 9.17) is 0 Å². The lowest BCUT2D eigenvalue weighted by Crippen LogP contribution is -2.17. The van der Waals surface area contributed by atoms with E-state index in [9.17, 15) is 9.59 Å². The SMILES string of the molecule is O=C(Nc1nc2c(s1)CCCCC2)c1ccc(=O)[nH]n1. The smallest absolute Gasteiger partial charge is 0.277 e. The van der Waals surface area contributed by atoms with Gasteiger partial charge in [-0.1, -0.05) is 6.42 Å². The van der Waals surface area contributed by atoms with E-state index < -0.39 is 0 Å². The van der Waals surface area contributed by atoms with Crippen LogP contribution in [0.1, 0.15) is 40.3 Å². The number of H-pyrrole nitrogens is 1. The molecule has 1 aliphatic carbocycles. The third-order valence-corrected chi connectivity index (χ3v) is 4.30. The zero-order valence-corrected chi connectivity index (χ0v) is 11.6. The fourth-order valence-electron chi connectivity index (χ4n) is 2.21. The molecule has 0 radical (unpaired) electrons. The highest BCUT2D eigenvalue weighted by molar-refractivity contribution is 7.15. The summed E-state index contributed by atoms with van der Waals surface area (Å²) in [7, 11) is 0. The van der Waals surface area contributed by atoms with Crippen molar-refractivity contribution in [3.63, 3.8) is 0 Å². The van der Waals surface area contributed by atoms with E-state index >= 15 is 0 Å². The van der Waals surface area contributed by atoms with E-state index in [1.807, 2.05) is 0 Å². The van der Waals surface area contributed by atoms with Crippen LogP contribution in [0.5, 0.6) is 0 Å². The minimum absolute atomic E-state index is 0.176. The number of aromatic nitrogens is 3. The highest BCUT2D eigenvalue weighted by Gasteiger charge is 2.16. The van der Waals surface area contributed by atoms with Gasteiger partial charge in [0.2, 0.25) is 0 Å². The van der Waals surface area contributed by atoms with Gasteiger partial charge in [-0.15, -0.1) is 11.3 Å². The van der Waals surface area contributed by atoms with Crippen LogP contribution in [0, 0.1) is 0 Å². The summed E-state index contributed by atoms with van der Waals surface area (Å²) < 4.78 is 0. The first-order chi connectivity index (χ1) is 9.72. The first kappa shape index (κ1) is 13.0. The number of aromatic amines is 1. The number of carbonyl (C=O) groups is 1. The van der Waals surface area contributed by atoms with Crippen LogP contribution in [0.2, 0.25) is 0 Å². The Morgan fingerprint density at radius 3 is 2.90 bits per heavy atom. The predicted molar refractivity (Wildman–Crippen MR) is 76.2 cm³/mol. The van der Waals surface area contributed by atoms with E-state index in [-0.39, 0.29) is 17.2 Å². The molecule has 1 aliphatic rings. The Balaban J connectivity index is 1.76. The molecule has 0 spiro atoms. The Morgan fingerprint density at radius 2 is 2.10 bits per heavy atom. The van der Waals surface area contributed by atoms with E-state index in [1.165, 1.54) is 41.2 Å². The summed E-state index contributed by atoms with van der Waals surface area (Å²) >= 11 is 1.53. The quantitative estimate of drug-likeness (QED) is 0.825. The molecule has 1 amide bonds. The van der Waals surface area contributed by atoms with Crippen molar-refractivity contribution < 1.29 is 4.79 Å². The van der Waals surface area contributed by atoms with Crippen LogP contribution in [0.3, 0.4) is 0 Å². The Kier molecular flexibility index (Phi) is 3.60. The number of hydrogen-bond acceptors (Lipinski definition) is 5. The molecular formula is C13H14N4O2S. The molecule has 0 aliphatic heterocycles. The molecule has 3 rings (SSSR count). The number of carbonyl (C=O) groups excluding carboxylic acids is 1. The molecule has 2 aromatic rings. The highest BCUT2D eigenvalue weighted by atomic mass is 32.1. The fraction of sp³-hybridized carbons (Fsp3) is 0.385. The number of fused-ring (bicyclic) bond motifs is 1. The Morgan fingerprint density at radius 1 is 1.25 bits per heavy atom. The summed E-state index contributed by atoms with van der Waals surface area (Å²) in [5.74, 6) is -0.356.